The molecule has 196 valence electrons. The van der Waals surface area contributed by atoms with Crippen molar-refractivity contribution in [2.24, 2.45) is 0 Å². The van der Waals surface area contributed by atoms with E-state index in [0.29, 0.717) is 0 Å². The molecule has 0 saturated heterocycles. The minimum atomic E-state index is -5.09. The molecule has 7 nitrogen and oxygen atoms in total. The SMILES string of the molecule is CC(C)=CCC/C(C)=C/CC/C(C)=C\CC/C(C)=C\CC/C(C)=C\COP(=O)(O)OP(=O)(O)O. The lowest BCUT2D eigenvalue weighted by molar-refractivity contribution is 0.191. The van der Waals surface area contributed by atoms with Gasteiger partial charge in [0.1, 0.15) is 0 Å². The van der Waals surface area contributed by atoms with Crippen LogP contribution in [-0.2, 0) is 18.0 Å². The van der Waals surface area contributed by atoms with Gasteiger partial charge in [0.2, 0.25) is 0 Å². The molecule has 0 amide bonds. The summed E-state index contributed by atoms with van der Waals surface area (Å²) in [6.07, 6.45) is 18.8. The van der Waals surface area contributed by atoms with Crippen molar-refractivity contribution in [1.29, 1.82) is 0 Å². The van der Waals surface area contributed by atoms with E-state index in [1.165, 1.54) is 22.3 Å². The van der Waals surface area contributed by atoms with E-state index in [1.807, 2.05) is 6.92 Å². The molecule has 0 fully saturated rings. The van der Waals surface area contributed by atoms with Crippen LogP contribution in [0.1, 0.15) is 92.9 Å². The monoisotopic (exact) mass is 518 g/mol. The smallest absolute Gasteiger partial charge is 0.302 e. The van der Waals surface area contributed by atoms with Crippen molar-refractivity contribution < 1.29 is 32.6 Å². The summed E-state index contributed by atoms with van der Waals surface area (Å²) in [5, 5.41) is 0. The second-order valence-electron chi connectivity index (χ2n) is 8.97. The van der Waals surface area contributed by atoms with Gasteiger partial charge >= 0.3 is 15.6 Å². The Morgan fingerprint density at radius 3 is 1.32 bits per heavy atom. The summed E-state index contributed by atoms with van der Waals surface area (Å²) in [5.41, 5.74) is 6.52. The van der Waals surface area contributed by atoms with E-state index in [4.69, 9.17) is 9.79 Å². The molecule has 1 atom stereocenters. The molecule has 0 saturated carbocycles. The van der Waals surface area contributed by atoms with Gasteiger partial charge in [-0.25, -0.2) is 9.13 Å². The van der Waals surface area contributed by atoms with Crippen LogP contribution in [0.15, 0.2) is 58.2 Å². The van der Waals surface area contributed by atoms with Crippen LogP contribution in [-0.4, -0.2) is 21.3 Å². The zero-order valence-electron chi connectivity index (χ0n) is 21.6. The molecule has 0 aromatic heterocycles. The summed E-state index contributed by atoms with van der Waals surface area (Å²) in [4.78, 5) is 26.4. The molecule has 0 aromatic carbocycles. The highest BCUT2D eigenvalue weighted by molar-refractivity contribution is 7.60. The van der Waals surface area contributed by atoms with Crippen LogP contribution < -0.4 is 0 Å². The molecule has 0 aliphatic carbocycles. The molecule has 34 heavy (non-hydrogen) atoms. The highest BCUT2D eigenvalue weighted by Gasteiger charge is 2.31. The fraction of sp³-hybridized carbons (Fsp3) is 0.600. The molecular weight excluding hydrogens is 474 g/mol. The van der Waals surface area contributed by atoms with Crippen molar-refractivity contribution in [2.75, 3.05) is 6.61 Å². The maximum Gasteiger partial charge on any atom is 0.481 e. The second kappa shape index (κ2) is 17.4. The topological polar surface area (TPSA) is 113 Å². The van der Waals surface area contributed by atoms with Crippen LogP contribution >= 0.6 is 15.6 Å². The largest absolute Gasteiger partial charge is 0.481 e. The molecule has 0 aliphatic heterocycles. The van der Waals surface area contributed by atoms with Gasteiger partial charge in [-0.05, 0) is 92.9 Å². The highest BCUT2D eigenvalue weighted by Crippen LogP contribution is 2.57. The van der Waals surface area contributed by atoms with Crippen molar-refractivity contribution in [3.8, 4) is 0 Å². The molecule has 0 spiro atoms. The zero-order chi connectivity index (χ0) is 26.2. The van der Waals surface area contributed by atoms with Gasteiger partial charge in [-0.3, -0.25) is 4.52 Å². The van der Waals surface area contributed by atoms with E-state index in [2.05, 4.69) is 67.8 Å². The Morgan fingerprint density at radius 1 is 0.618 bits per heavy atom. The fourth-order valence-electron chi connectivity index (χ4n) is 3.07. The third kappa shape index (κ3) is 21.5. The van der Waals surface area contributed by atoms with Gasteiger partial charge in [-0.1, -0.05) is 58.2 Å². The quantitative estimate of drug-likeness (QED) is 0.132. The van der Waals surface area contributed by atoms with Crippen LogP contribution in [0.3, 0.4) is 0 Å². The number of allylic oxidation sites excluding steroid dienone is 9. The van der Waals surface area contributed by atoms with Gasteiger partial charge in [0.05, 0.1) is 6.61 Å². The van der Waals surface area contributed by atoms with E-state index in [9.17, 15) is 14.0 Å². The number of rotatable bonds is 17. The third-order valence-corrected chi connectivity index (χ3v) is 7.22. The van der Waals surface area contributed by atoms with Crippen molar-refractivity contribution in [3.05, 3.63) is 58.2 Å². The molecule has 0 rings (SSSR count). The third-order valence-electron chi connectivity index (χ3n) is 5.06. The average Bonchev–Trinajstić information content (AvgIpc) is 2.65. The lowest BCUT2D eigenvalue weighted by Gasteiger charge is -2.11. The van der Waals surface area contributed by atoms with Gasteiger partial charge in [0, 0.05) is 0 Å². The van der Waals surface area contributed by atoms with Gasteiger partial charge < -0.3 is 14.7 Å². The number of phosphoric ester groups is 1. The van der Waals surface area contributed by atoms with Crippen molar-refractivity contribution in [3.63, 3.8) is 0 Å². The van der Waals surface area contributed by atoms with Crippen LogP contribution in [0.5, 0.6) is 0 Å². The van der Waals surface area contributed by atoms with E-state index in [1.54, 1.807) is 6.08 Å². The van der Waals surface area contributed by atoms with Crippen molar-refractivity contribution in [1.82, 2.24) is 0 Å². The summed E-state index contributed by atoms with van der Waals surface area (Å²) >= 11 is 0. The molecular formula is C25H44O7P2. The van der Waals surface area contributed by atoms with E-state index in [-0.39, 0.29) is 6.61 Å². The van der Waals surface area contributed by atoms with Gasteiger partial charge in [0.25, 0.3) is 0 Å². The van der Waals surface area contributed by atoms with Gasteiger partial charge in [-0.15, -0.1) is 0 Å². The molecule has 0 heterocycles. The number of phosphoric acid groups is 2. The minimum absolute atomic E-state index is 0.267. The fourth-order valence-corrected chi connectivity index (χ4v) is 4.59. The van der Waals surface area contributed by atoms with E-state index >= 15 is 0 Å². The normalized spacial score (nSPS) is 15.9. The van der Waals surface area contributed by atoms with Crippen LogP contribution in [0.2, 0.25) is 0 Å². The molecule has 3 N–H and O–H groups in total. The van der Waals surface area contributed by atoms with E-state index < -0.39 is 15.6 Å². The van der Waals surface area contributed by atoms with Crippen LogP contribution in [0.4, 0.5) is 0 Å². The summed E-state index contributed by atoms with van der Waals surface area (Å²) in [6, 6.07) is 0. The van der Waals surface area contributed by atoms with Gasteiger partial charge in [-0.2, -0.15) is 4.31 Å². The zero-order valence-corrected chi connectivity index (χ0v) is 23.4. The Labute approximate surface area is 206 Å². The Bertz CT molecular complexity index is 856. The maximum absolute atomic E-state index is 11.4. The van der Waals surface area contributed by atoms with Crippen LogP contribution in [0, 0.1) is 0 Å². The molecule has 0 aromatic rings. The summed E-state index contributed by atoms with van der Waals surface area (Å²) in [6.45, 7) is 12.4. The van der Waals surface area contributed by atoms with E-state index in [0.717, 1.165) is 56.9 Å². The van der Waals surface area contributed by atoms with Crippen molar-refractivity contribution in [2.45, 2.75) is 92.9 Å². The highest BCUT2D eigenvalue weighted by atomic mass is 31.3. The summed E-state index contributed by atoms with van der Waals surface area (Å²) in [5.74, 6) is 0. The molecule has 9 heteroatoms. The lowest BCUT2D eigenvalue weighted by atomic mass is 10.0. The first-order valence-corrected chi connectivity index (χ1v) is 14.7. The molecule has 0 radical (unpaired) electrons. The Kier molecular flexibility index (Phi) is 16.9. The molecule has 0 bridgehead atoms. The lowest BCUT2D eigenvalue weighted by Crippen LogP contribution is -1.94. The summed E-state index contributed by atoms with van der Waals surface area (Å²) in [7, 11) is -9.87. The minimum Gasteiger partial charge on any atom is -0.302 e. The molecule has 0 aliphatic rings. The summed E-state index contributed by atoms with van der Waals surface area (Å²) < 4.78 is 30.3. The van der Waals surface area contributed by atoms with Crippen molar-refractivity contribution >= 4 is 15.6 Å². The maximum atomic E-state index is 11.4. The second-order valence-corrected chi connectivity index (χ2v) is 11.8. The first-order chi connectivity index (χ1) is 15.7. The predicted molar refractivity (Wildman–Crippen MR) is 140 cm³/mol. The average molecular weight is 519 g/mol. The molecule has 1 unspecified atom stereocenters. The Balaban J connectivity index is 4.22. The van der Waals surface area contributed by atoms with Crippen LogP contribution in [0.25, 0.3) is 0 Å². The first-order valence-electron chi connectivity index (χ1n) is 11.7. The Hall–Kier alpha value is -1.04. The number of hydrogen-bond acceptors (Lipinski definition) is 4. The standard InChI is InChI=1S/C25H44O7P2/c1-21(2)11-7-12-22(3)13-8-14-23(4)15-9-16-24(5)17-10-18-25(6)19-20-31-34(29,30)32-33(26,27)28/h11,13,15,17,19H,7-10,12,14,16,18,20H2,1-6H3,(H,29,30)(H2,26,27,28)/b22-13+,23-15-,24-17-,25-19-. The Morgan fingerprint density at radius 2 is 0.971 bits per heavy atom. The van der Waals surface area contributed by atoms with Gasteiger partial charge in [0.15, 0.2) is 0 Å². The first kappa shape index (κ1) is 33.0. The predicted octanol–water partition coefficient (Wildman–Crippen LogP) is 8.08. The number of hydrogen-bond donors (Lipinski definition) is 3.